The molecule has 3 rings (SSSR count). The van der Waals surface area contributed by atoms with Gasteiger partial charge in [-0.15, -0.1) is 0 Å². The number of allylic oxidation sites excluding steroid dienone is 2. The summed E-state index contributed by atoms with van der Waals surface area (Å²) in [5.41, 5.74) is 1.51. The minimum absolute atomic E-state index is 0.203. The van der Waals surface area contributed by atoms with Crippen LogP contribution in [0, 0.1) is 5.92 Å². The molecule has 1 aliphatic heterocycles. The summed E-state index contributed by atoms with van der Waals surface area (Å²) in [7, 11) is 1.54. The molecule has 3 N–H and O–H groups in total. The number of hydrogen-bond acceptors (Lipinski definition) is 4. The third-order valence-electron chi connectivity index (χ3n) is 4.01. The maximum Gasteiger partial charge on any atom is 0.261 e. The van der Waals surface area contributed by atoms with Gasteiger partial charge in [-0.2, -0.15) is 0 Å². The Morgan fingerprint density at radius 1 is 1.45 bits per heavy atom. The molecule has 1 aromatic rings. The van der Waals surface area contributed by atoms with Crippen molar-refractivity contribution in [3.63, 3.8) is 0 Å². The Bertz CT molecular complexity index is 626. The van der Waals surface area contributed by atoms with Crippen LogP contribution < -0.4 is 14.3 Å². The molecule has 120 valence electrons. The molecule has 0 radical (unpaired) electrons. The van der Waals surface area contributed by atoms with Crippen molar-refractivity contribution in [2.45, 2.75) is 30.3 Å². The van der Waals surface area contributed by atoms with E-state index in [1.165, 1.54) is 23.3 Å². The molecular formula is C14H18ClN3O2S2. The number of halogens is 1. The average molecular weight is 360 g/mol. The maximum absolute atomic E-state index is 11.2. The SMILES string of the molecule is CN(c1cc2c(cc1Cl)NC(C1CC=CCC1)NS2)S(=O)O. The highest BCUT2D eigenvalue weighted by atomic mass is 35.5. The van der Waals surface area contributed by atoms with Gasteiger partial charge in [-0.05, 0) is 49.3 Å². The lowest BCUT2D eigenvalue weighted by molar-refractivity contribution is 0.398. The Morgan fingerprint density at radius 2 is 2.27 bits per heavy atom. The topological polar surface area (TPSA) is 64.6 Å². The van der Waals surface area contributed by atoms with Crippen LogP contribution in [0.15, 0.2) is 29.2 Å². The highest BCUT2D eigenvalue weighted by Gasteiger charge is 2.27. The van der Waals surface area contributed by atoms with Crippen molar-refractivity contribution in [1.82, 2.24) is 4.72 Å². The number of benzene rings is 1. The maximum atomic E-state index is 11.2. The molecule has 0 bridgehead atoms. The molecule has 0 fully saturated rings. The predicted octanol–water partition coefficient (Wildman–Crippen LogP) is 3.62. The quantitative estimate of drug-likeness (QED) is 0.437. The van der Waals surface area contributed by atoms with Crippen molar-refractivity contribution in [3.05, 3.63) is 29.3 Å². The third kappa shape index (κ3) is 3.28. The van der Waals surface area contributed by atoms with E-state index in [0.29, 0.717) is 16.6 Å². The first-order valence-electron chi connectivity index (χ1n) is 7.08. The lowest BCUT2D eigenvalue weighted by atomic mass is 9.91. The first-order valence-corrected chi connectivity index (χ1v) is 9.34. The molecule has 3 atom stereocenters. The van der Waals surface area contributed by atoms with E-state index in [1.807, 2.05) is 12.1 Å². The second kappa shape index (κ2) is 6.80. The second-order valence-electron chi connectivity index (χ2n) is 5.41. The van der Waals surface area contributed by atoms with E-state index >= 15 is 0 Å². The first kappa shape index (κ1) is 16.1. The van der Waals surface area contributed by atoms with Crippen LogP contribution in [0.25, 0.3) is 0 Å². The number of nitrogens with zero attached hydrogens (tertiary/aromatic N) is 1. The number of anilines is 2. The van der Waals surface area contributed by atoms with E-state index in [9.17, 15) is 8.76 Å². The summed E-state index contributed by atoms with van der Waals surface area (Å²) >= 11 is 5.71. The van der Waals surface area contributed by atoms with Crippen molar-refractivity contribution in [2.75, 3.05) is 16.7 Å². The van der Waals surface area contributed by atoms with Crippen molar-refractivity contribution in [3.8, 4) is 0 Å². The Balaban J connectivity index is 1.82. The fourth-order valence-corrected chi connectivity index (χ4v) is 4.29. The number of hydrogen-bond donors (Lipinski definition) is 3. The third-order valence-corrected chi connectivity index (χ3v) is 5.91. The Morgan fingerprint density at radius 3 is 2.95 bits per heavy atom. The van der Waals surface area contributed by atoms with E-state index in [-0.39, 0.29) is 6.17 Å². The van der Waals surface area contributed by atoms with E-state index in [4.69, 9.17) is 11.6 Å². The van der Waals surface area contributed by atoms with Gasteiger partial charge in [-0.1, -0.05) is 23.8 Å². The van der Waals surface area contributed by atoms with Gasteiger partial charge >= 0.3 is 0 Å². The highest BCUT2D eigenvalue weighted by Crippen LogP contribution is 2.40. The molecule has 2 aliphatic rings. The molecule has 3 unspecified atom stereocenters. The molecule has 5 nitrogen and oxygen atoms in total. The fourth-order valence-electron chi connectivity index (χ4n) is 2.72. The van der Waals surface area contributed by atoms with Crippen LogP contribution in [-0.4, -0.2) is 22.0 Å². The van der Waals surface area contributed by atoms with E-state index < -0.39 is 11.3 Å². The van der Waals surface area contributed by atoms with Crippen molar-refractivity contribution in [2.24, 2.45) is 5.92 Å². The van der Waals surface area contributed by atoms with Gasteiger partial charge in [0.05, 0.1) is 22.6 Å². The van der Waals surface area contributed by atoms with Crippen LogP contribution in [-0.2, 0) is 11.3 Å². The first-order chi connectivity index (χ1) is 10.6. The van der Waals surface area contributed by atoms with Gasteiger partial charge in [-0.3, -0.25) is 8.86 Å². The molecule has 1 aromatic carbocycles. The Hall–Kier alpha value is -0.730. The lowest BCUT2D eigenvalue weighted by Crippen LogP contribution is -2.41. The number of fused-ring (bicyclic) bond motifs is 1. The molecule has 0 spiro atoms. The van der Waals surface area contributed by atoms with Gasteiger partial charge in [0, 0.05) is 11.9 Å². The largest absolute Gasteiger partial charge is 0.368 e. The second-order valence-corrected chi connectivity index (χ2v) is 7.71. The molecular weight excluding hydrogens is 342 g/mol. The van der Waals surface area contributed by atoms with E-state index in [2.05, 4.69) is 22.2 Å². The van der Waals surface area contributed by atoms with E-state index in [0.717, 1.165) is 29.8 Å². The molecule has 1 aliphatic carbocycles. The van der Waals surface area contributed by atoms with Crippen LogP contribution >= 0.6 is 23.5 Å². The van der Waals surface area contributed by atoms with Gasteiger partial charge in [0.1, 0.15) is 0 Å². The molecule has 8 heteroatoms. The summed E-state index contributed by atoms with van der Waals surface area (Å²) in [5.74, 6) is 0.553. The Labute approximate surface area is 142 Å². The Kier molecular flexibility index (Phi) is 4.99. The van der Waals surface area contributed by atoms with Gasteiger partial charge in [0.15, 0.2) is 0 Å². The molecule has 0 saturated heterocycles. The molecule has 0 saturated carbocycles. The monoisotopic (exact) mass is 359 g/mol. The van der Waals surface area contributed by atoms with Crippen molar-refractivity contribution >= 4 is 46.2 Å². The summed E-state index contributed by atoms with van der Waals surface area (Å²) in [6, 6.07) is 3.66. The lowest BCUT2D eigenvalue weighted by Gasteiger charge is -2.34. The molecule has 22 heavy (non-hydrogen) atoms. The van der Waals surface area contributed by atoms with Crippen LogP contribution in [0.3, 0.4) is 0 Å². The minimum atomic E-state index is -2.09. The minimum Gasteiger partial charge on any atom is -0.368 e. The normalized spacial score (nSPS) is 25.2. The zero-order valence-electron chi connectivity index (χ0n) is 12.1. The zero-order valence-corrected chi connectivity index (χ0v) is 14.5. The van der Waals surface area contributed by atoms with Crippen molar-refractivity contribution < 1.29 is 8.76 Å². The van der Waals surface area contributed by atoms with Crippen LogP contribution in [0.4, 0.5) is 11.4 Å². The molecule has 0 amide bonds. The van der Waals surface area contributed by atoms with Gasteiger partial charge < -0.3 is 5.32 Å². The van der Waals surface area contributed by atoms with Gasteiger partial charge in [0.25, 0.3) is 11.3 Å². The summed E-state index contributed by atoms with van der Waals surface area (Å²) in [4.78, 5) is 0.972. The standard InChI is InChI=1S/C14H18ClN3O2S2/c1-18(22(19)20)12-8-13-11(7-10(12)15)16-14(17-21-13)9-5-3-2-4-6-9/h2-3,7-9,14,16-17H,4-6H2,1H3,(H,19,20). The number of nitrogens with one attached hydrogen (secondary N) is 2. The molecule has 0 aromatic heterocycles. The fraction of sp³-hybridized carbons (Fsp3) is 0.429. The highest BCUT2D eigenvalue weighted by molar-refractivity contribution is 7.97. The summed E-state index contributed by atoms with van der Waals surface area (Å²) in [5, 5.41) is 3.95. The van der Waals surface area contributed by atoms with E-state index in [1.54, 1.807) is 0 Å². The number of rotatable bonds is 3. The smallest absolute Gasteiger partial charge is 0.261 e. The summed E-state index contributed by atoms with van der Waals surface area (Å²) < 4.78 is 25.1. The van der Waals surface area contributed by atoms with Crippen LogP contribution in [0.1, 0.15) is 19.3 Å². The zero-order chi connectivity index (χ0) is 15.7. The average Bonchev–Trinajstić information content (AvgIpc) is 2.53. The van der Waals surface area contributed by atoms with Crippen molar-refractivity contribution in [1.29, 1.82) is 0 Å². The van der Waals surface area contributed by atoms with Gasteiger partial charge in [-0.25, -0.2) is 8.93 Å². The van der Waals surface area contributed by atoms with Gasteiger partial charge in [0.2, 0.25) is 0 Å². The van der Waals surface area contributed by atoms with Crippen LogP contribution in [0.2, 0.25) is 5.02 Å². The summed E-state index contributed by atoms with van der Waals surface area (Å²) in [6.45, 7) is 0. The predicted molar refractivity (Wildman–Crippen MR) is 93.5 cm³/mol. The molecule has 1 heterocycles. The summed E-state index contributed by atoms with van der Waals surface area (Å²) in [6.07, 6.45) is 8.02. The van der Waals surface area contributed by atoms with Crippen LogP contribution in [0.5, 0.6) is 0 Å².